The Kier molecular flexibility index (Phi) is 8.24. The minimum Gasteiger partial charge on any atom is -0.385 e. The second-order valence-electron chi connectivity index (χ2n) is 9.46. The summed E-state index contributed by atoms with van der Waals surface area (Å²) in [6.07, 6.45) is 3.91. The van der Waals surface area contributed by atoms with E-state index in [0.717, 1.165) is 30.6 Å². The highest BCUT2D eigenvalue weighted by Gasteiger charge is 2.36. The Bertz CT molecular complexity index is 1440. The first kappa shape index (κ1) is 26.8. The van der Waals surface area contributed by atoms with Gasteiger partial charge in [-0.25, -0.2) is 13.5 Å². The number of rotatable bonds is 10. The Morgan fingerprint density at radius 1 is 1.08 bits per heavy atom. The molecule has 9 heteroatoms. The van der Waals surface area contributed by atoms with E-state index >= 15 is 0 Å². The van der Waals surface area contributed by atoms with E-state index in [2.05, 4.69) is 29.5 Å². The number of halogens is 3. The molecule has 1 N–H and O–H groups in total. The van der Waals surface area contributed by atoms with Crippen molar-refractivity contribution in [3.05, 3.63) is 101 Å². The summed E-state index contributed by atoms with van der Waals surface area (Å²) in [5.41, 5.74) is 4.40. The van der Waals surface area contributed by atoms with Crippen LogP contribution in [0.4, 0.5) is 14.5 Å². The number of carbonyl (C=O) groups is 1. The van der Waals surface area contributed by atoms with Crippen LogP contribution in [0.2, 0.25) is 5.02 Å². The predicted molar refractivity (Wildman–Crippen MR) is 148 cm³/mol. The third kappa shape index (κ3) is 6.13. The molecule has 202 valence electrons. The minimum absolute atomic E-state index is 0.00515. The number of hydrogen-bond acceptors (Lipinski definition) is 4. The van der Waals surface area contributed by atoms with Gasteiger partial charge in [0.1, 0.15) is 23.9 Å². The molecule has 39 heavy (non-hydrogen) atoms. The van der Waals surface area contributed by atoms with E-state index in [9.17, 15) is 13.6 Å². The highest BCUT2D eigenvalue weighted by Crippen LogP contribution is 2.35. The van der Waals surface area contributed by atoms with Crippen molar-refractivity contribution in [1.82, 2.24) is 14.7 Å². The lowest BCUT2D eigenvalue weighted by atomic mass is 10.1. The third-order valence-corrected chi connectivity index (χ3v) is 7.02. The topological polar surface area (TPSA) is 59.4 Å². The van der Waals surface area contributed by atoms with Crippen molar-refractivity contribution < 1.29 is 18.3 Å². The summed E-state index contributed by atoms with van der Waals surface area (Å²) in [6, 6.07) is 18.5. The maximum absolute atomic E-state index is 14.2. The smallest absolute Gasteiger partial charge is 0.250 e. The van der Waals surface area contributed by atoms with Crippen LogP contribution < -0.4 is 5.32 Å². The van der Waals surface area contributed by atoms with Gasteiger partial charge in [-0.1, -0.05) is 37.1 Å². The zero-order valence-electron chi connectivity index (χ0n) is 21.5. The van der Waals surface area contributed by atoms with Gasteiger partial charge in [0.05, 0.1) is 10.7 Å². The van der Waals surface area contributed by atoms with E-state index in [-0.39, 0.29) is 23.4 Å². The highest BCUT2D eigenvalue weighted by molar-refractivity contribution is 6.30. The SMILES string of the molecule is CCCCNc1ccc(CCN2C(=O)COC2c2cn(-c3ccc(Cl)c(F)c3)nc2-c2ccc(F)cc2)cc1. The van der Waals surface area contributed by atoms with Crippen molar-refractivity contribution in [3.63, 3.8) is 0 Å². The van der Waals surface area contributed by atoms with Gasteiger partial charge in [-0.2, -0.15) is 5.10 Å². The van der Waals surface area contributed by atoms with Gasteiger partial charge in [0, 0.05) is 42.2 Å². The van der Waals surface area contributed by atoms with E-state index in [4.69, 9.17) is 16.3 Å². The molecule has 0 radical (unpaired) electrons. The fourth-order valence-corrected chi connectivity index (χ4v) is 4.68. The second kappa shape index (κ2) is 12.0. The van der Waals surface area contributed by atoms with E-state index in [1.54, 1.807) is 29.3 Å². The summed E-state index contributed by atoms with van der Waals surface area (Å²) in [4.78, 5) is 14.6. The molecule has 1 amide bonds. The van der Waals surface area contributed by atoms with Gasteiger partial charge in [-0.05, 0) is 66.9 Å². The first-order valence-electron chi connectivity index (χ1n) is 13.0. The molecule has 5 rings (SSSR count). The van der Waals surface area contributed by atoms with E-state index in [0.29, 0.717) is 35.5 Å². The van der Waals surface area contributed by atoms with Crippen molar-refractivity contribution in [3.8, 4) is 16.9 Å². The molecule has 1 saturated heterocycles. The van der Waals surface area contributed by atoms with Gasteiger partial charge < -0.3 is 15.0 Å². The number of nitrogens with one attached hydrogen (secondary N) is 1. The Morgan fingerprint density at radius 2 is 1.85 bits per heavy atom. The monoisotopic (exact) mass is 550 g/mol. The number of unbranched alkanes of at least 4 members (excludes halogenated alkanes) is 1. The Labute approximate surface area is 231 Å². The molecule has 4 aromatic rings. The maximum atomic E-state index is 14.2. The number of ether oxygens (including phenoxy) is 1. The van der Waals surface area contributed by atoms with Crippen LogP contribution in [0.25, 0.3) is 16.9 Å². The summed E-state index contributed by atoms with van der Waals surface area (Å²) in [5, 5.41) is 8.08. The van der Waals surface area contributed by atoms with Gasteiger partial charge in [-0.15, -0.1) is 0 Å². The lowest BCUT2D eigenvalue weighted by molar-refractivity contribution is -0.128. The fraction of sp³-hybridized carbons (Fsp3) is 0.267. The number of benzene rings is 3. The number of nitrogens with zero attached hydrogens (tertiary/aromatic N) is 3. The van der Waals surface area contributed by atoms with Crippen LogP contribution in [0.5, 0.6) is 0 Å². The molecule has 2 heterocycles. The van der Waals surface area contributed by atoms with E-state index in [1.807, 2.05) is 12.1 Å². The molecule has 1 unspecified atom stereocenters. The summed E-state index contributed by atoms with van der Waals surface area (Å²) >= 11 is 5.87. The molecule has 0 bridgehead atoms. The molecule has 1 fully saturated rings. The molecular formula is C30H29ClF2N4O2. The van der Waals surface area contributed by atoms with Crippen LogP contribution in [0, 0.1) is 11.6 Å². The van der Waals surface area contributed by atoms with E-state index in [1.165, 1.54) is 28.9 Å². The van der Waals surface area contributed by atoms with Gasteiger partial charge >= 0.3 is 0 Å². The fourth-order valence-electron chi connectivity index (χ4n) is 4.56. The maximum Gasteiger partial charge on any atom is 0.250 e. The molecule has 6 nitrogen and oxygen atoms in total. The van der Waals surface area contributed by atoms with Gasteiger partial charge in [0.15, 0.2) is 6.23 Å². The largest absolute Gasteiger partial charge is 0.385 e. The number of hydrogen-bond donors (Lipinski definition) is 1. The lowest BCUT2D eigenvalue weighted by Crippen LogP contribution is -2.30. The minimum atomic E-state index is -0.696. The van der Waals surface area contributed by atoms with Crippen molar-refractivity contribution in [2.45, 2.75) is 32.4 Å². The Morgan fingerprint density at radius 3 is 2.56 bits per heavy atom. The highest BCUT2D eigenvalue weighted by atomic mass is 35.5. The van der Waals surface area contributed by atoms with Crippen LogP contribution in [-0.2, 0) is 16.0 Å². The summed E-state index contributed by atoms with van der Waals surface area (Å²) in [5.74, 6) is -1.08. The van der Waals surface area contributed by atoms with Crippen molar-refractivity contribution in [2.24, 2.45) is 0 Å². The van der Waals surface area contributed by atoms with Crippen LogP contribution in [0.3, 0.4) is 0 Å². The van der Waals surface area contributed by atoms with Gasteiger partial charge in [-0.3, -0.25) is 4.79 Å². The summed E-state index contributed by atoms with van der Waals surface area (Å²) in [7, 11) is 0. The first-order valence-corrected chi connectivity index (χ1v) is 13.4. The average molecular weight is 551 g/mol. The van der Waals surface area contributed by atoms with Crippen LogP contribution in [0.15, 0.2) is 72.9 Å². The normalized spacial score (nSPS) is 15.2. The molecule has 0 saturated carbocycles. The molecule has 1 atom stereocenters. The van der Waals surface area contributed by atoms with Crippen LogP contribution >= 0.6 is 11.6 Å². The van der Waals surface area contributed by atoms with Gasteiger partial charge in [0.2, 0.25) is 0 Å². The summed E-state index contributed by atoms with van der Waals surface area (Å²) in [6.45, 7) is 3.47. The van der Waals surface area contributed by atoms with Crippen molar-refractivity contribution in [2.75, 3.05) is 25.0 Å². The van der Waals surface area contributed by atoms with Gasteiger partial charge in [0.25, 0.3) is 5.91 Å². The molecule has 1 aromatic heterocycles. The molecule has 3 aromatic carbocycles. The summed E-state index contributed by atoms with van der Waals surface area (Å²) < 4.78 is 35.4. The molecule has 1 aliphatic heterocycles. The Balaban J connectivity index is 1.41. The van der Waals surface area contributed by atoms with Crippen molar-refractivity contribution in [1.29, 1.82) is 0 Å². The quantitative estimate of drug-likeness (QED) is 0.221. The number of aromatic nitrogens is 2. The molecule has 1 aliphatic rings. The average Bonchev–Trinajstić information content (AvgIpc) is 3.54. The second-order valence-corrected chi connectivity index (χ2v) is 9.87. The molecule has 0 aliphatic carbocycles. The first-order chi connectivity index (χ1) is 18.9. The standard InChI is InChI=1S/C30H29ClF2N4O2/c1-2-3-15-34-23-10-4-20(5-11-23)14-16-36-28(38)19-39-30(36)25-18-37(24-12-13-26(31)27(33)17-24)35-29(25)21-6-8-22(32)9-7-21/h4-13,17-18,30,34H,2-3,14-16,19H2,1H3. The van der Waals surface area contributed by atoms with Crippen LogP contribution in [0.1, 0.15) is 37.1 Å². The number of amides is 1. The Hall–Kier alpha value is -3.75. The lowest BCUT2D eigenvalue weighted by Gasteiger charge is -2.23. The predicted octanol–water partition coefficient (Wildman–Crippen LogP) is 6.78. The van der Waals surface area contributed by atoms with E-state index < -0.39 is 12.0 Å². The molecule has 0 spiro atoms. The number of anilines is 1. The van der Waals surface area contributed by atoms with Crippen molar-refractivity contribution >= 4 is 23.2 Å². The van der Waals surface area contributed by atoms with Crippen LogP contribution in [-0.4, -0.2) is 40.3 Å². The zero-order chi connectivity index (χ0) is 27.4. The zero-order valence-corrected chi connectivity index (χ0v) is 22.3. The number of carbonyl (C=O) groups excluding carboxylic acids is 1. The molecular weight excluding hydrogens is 522 g/mol. The third-order valence-electron chi connectivity index (χ3n) is 6.72.